The van der Waals surface area contributed by atoms with Crippen molar-refractivity contribution in [1.29, 1.82) is 0 Å². The van der Waals surface area contributed by atoms with Crippen LogP contribution in [0.4, 0.5) is 0 Å². The van der Waals surface area contributed by atoms with Gasteiger partial charge in [-0.25, -0.2) is 0 Å². The molecule has 3 rings (SSSR count). The molecule has 2 fully saturated rings. The summed E-state index contributed by atoms with van der Waals surface area (Å²) in [6, 6.07) is 11.8. The van der Waals surface area contributed by atoms with Gasteiger partial charge in [-0.05, 0) is 45.1 Å². The van der Waals surface area contributed by atoms with Crippen molar-refractivity contribution in [3.8, 4) is 0 Å². The molecule has 2 aliphatic rings. The van der Waals surface area contributed by atoms with E-state index in [2.05, 4.69) is 59.7 Å². The monoisotopic (exact) mass is 416 g/mol. The second kappa shape index (κ2) is 12.9. The number of benzene rings is 1. The first-order valence-electron chi connectivity index (χ1n) is 11.8. The van der Waals surface area contributed by atoms with Crippen molar-refractivity contribution in [2.75, 3.05) is 52.6 Å². The molecule has 2 N–H and O–H groups in total. The number of nitrogens with one attached hydrogen (secondary N) is 2. The lowest BCUT2D eigenvalue weighted by molar-refractivity contribution is 0.0893. The minimum atomic E-state index is 0.477. The van der Waals surface area contributed by atoms with Crippen LogP contribution in [-0.4, -0.2) is 69.5 Å². The maximum Gasteiger partial charge on any atom is 0.191 e. The molecule has 30 heavy (non-hydrogen) atoms. The van der Waals surface area contributed by atoms with Crippen molar-refractivity contribution >= 4 is 5.96 Å². The number of nitrogens with zero attached hydrogens (tertiary/aromatic N) is 2. The van der Waals surface area contributed by atoms with Gasteiger partial charge in [0.05, 0.1) is 13.2 Å². The third-order valence-corrected chi connectivity index (χ3v) is 6.14. The van der Waals surface area contributed by atoms with Crippen LogP contribution in [0, 0.1) is 5.92 Å². The van der Waals surface area contributed by atoms with Crippen LogP contribution in [0.5, 0.6) is 0 Å². The van der Waals surface area contributed by atoms with Crippen molar-refractivity contribution in [2.24, 2.45) is 10.9 Å². The zero-order valence-electron chi connectivity index (χ0n) is 18.8. The minimum absolute atomic E-state index is 0.477. The topological polar surface area (TPSA) is 58.1 Å². The van der Waals surface area contributed by atoms with E-state index in [-0.39, 0.29) is 0 Å². The number of hydrogen-bond acceptors (Lipinski definition) is 4. The van der Waals surface area contributed by atoms with E-state index < -0.39 is 0 Å². The van der Waals surface area contributed by atoms with Crippen LogP contribution in [0.2, 0.25) is 0 Å². The Morgan fingerprint density at radius 2 is 2.03 bits per heavy atom. The van der Waals surface area contributed by atoms with Gasteiger partial charge < -0.3 is 20.1 Å². The van der Waals surface area contributed by atoms with E-state index in [1.54, 1.807) is 0 Å². The lowest BCUT2D eigenvalue weighted by atomic mass is 10.0. The van der Waals surface area contributed by atoms with E-state index in [1.807, 2.05) is 0 Å². The second-order valence-corrected chi connectivity index (χ2v) is 8.46. The third kappa shape index (κ3) is 7.56. The standard InChI is InChI=1S/C24H40N4O2/c1-3-25-24(26-13-7-16-29-18-21-12-17-30-19-21)27-23-10-14-28(15-11-23)20(2)22-8-5-4-6-9-22/h4-6,8-9,20-21,23H,3,7,10-19H2,1-2H3,(H2,25,26,27). The number of piperidine rings is 1. The number of aliphatic imine (C=N–C) groups is 1. The second-order valence-electron chi connectivity index (χ2n) is 8.46. The van der Waals surface area contributed by atoms with Crippen LogP contribution in [0.3, 0.4) is 0 Å². The molecule has 0 bridgehead atoms. The Morgan fingerprint density at radius 1 is 1.23 bits per heavy atom. The predicted molar refractivity (Wildman–Crippen MR) is 123 cm³/mol. The maximum atomic E-state index is 5.78. The van der Waals surface area contributed by atoms with E-state index in [4.69, 9.17) is 14.5 Å². The Kier molecular flexibility index (Phi) is 9.93. The fourth-order valence-corrected chi connectivity index (χ4v) is 4.21. The average molecular weight is 417 g/mol. The van der Waals surface area contributed by atoms with Gasteiger partial charge in [-0.2, -0.15) is 0 Å². The van der Waals surface area contributed by atoms with Crippen molar-refractivity contribution in [3.05, 3.63) is 35.9 Å². The largest absolute Gasteiger partial charge is 0.381 e. The molecule has 2 unspecified atom stereocenters. The molecular weight excluding hydrogens is 376 g/mol. The highest BCUT2D eigenvalue weighted by atomic mass is 16.5. The van der Waals surface area contributed by atoms with Gasteiger partial charge >= 0.3 is 0 Å². The normalized spacial score (nSPS) is 22.2. The summed E-state index contributed by atoms with van der Waals surface area (Å²) < 4.78 is 11.2. The van der Waals surface area contributed by atoms with Gasteiger partial charge in [-0.1, -0.05) is 30.3 Å². The summed E-state index contributed by atoms with van der Waals surface area (Å²) in [4.78, 5) is 7.34. The molecule has 0 amide bonds. The summed E-state index contributed by atoms with van der Waals surface area (Å²) in [5.74, 6) is 1.53. The molecule has 0 aliphatic carbocycles. The van der Waals surface area contributed by atoms with Gasteiger partial charge in [0, 0.05) is 57.4 Å². The molecule has 2 heterocycles. The fraction of sp³-hybridized carbons (Fsp3) is 0.708. The van der Waals surface area contributed by atoms with Crippen LogP contribution in [0.25, 0.3) is 0 Å². The molecule has 2 aliphatic heterocycles. The van der Waals surface area contributed by atoms with Crippen molar-refractivity contribution in [2.45, 2.75) is 51.6 Å². The Morgan fingerprint density at radius 3 is 2.73 bits per heavy atom. The summed E-state index contributed by atoms with van der Waals surface area (Å²) in [7, 11) is 0. The molecular formula is C24H40N4O2. The number of guanidine groups is 1. The molecule has 1 aromatic rings. The van der Waals surface area contributed by atoms with Crippen LogP contribution in [-0.2, 0) is 9.47 Å². The lowest BCUT2D eigenvalue weighted by Gasteiger charge is -2.37. The lowest BCUT2D eigenvalue weighted by Crippen LogP contribution is -2.49. The molecule has 1 aromatic carbocycles. The Balaban J connectivity index is 1.34. The highest BCUT2D eigenvalue weighted by Gasteiger charge is 2.24. The molecule has 168 valence electrons. The van der Waals surface area contributed by atoms with Crippen LogP contribution >= 0.6 is 0 Å². The summed E-state index contributed by atoms with van der Waals surface area (Å²) in [5.41, 5.74) is 1.40. The van der Waals surface area contributed by atoms with Gasteiger partial charge in [0.1, 0.15) is 0 Å². The first-order valence-corrected chi connectivity index (χ1v) is 11.8. The summed E-state index contributed by atoms with van der Waals surface area (Å²) in [5, 5.41) is 7.04. The van der Waals surface area contributed by atoms with Crippen LogP contribution < -0.4 is 10.6 Å². The van der Waals surface area contributed by atoms with Gasteiger partial charge in [0.15, 0.2) is 5.96 Å². The molecule has 0 spiro atoms. The average Bonchev–Trinajstić information content (AvgIpc) is 3.30. The molecule has 0 radical (unpaired) electrons. The van der Waals surface area contributed by atoms with Crippen molar-refractivity contribution < 1.29 is 9.47 Å². The smallest absolute Gasteiger partial charge is 0.191 e. The zero-order chi connectivity index (χ0) is 21.0. The Labute approximate surface area is 182 Å². The quantitative estimate of drug-likeness (QED) is 0.348. The fourth-order valence-electron chi connectivity index (χ4n) is 4.21. The number of rotatable bonds is 10. The molecule has 2 atom stereocenters. The van der Waals surface area contributed by atoms with E-state index in [0.29, 0.717) is 18.0 Å². The van der Waals surface area contributed by atoms with Gasteiger partial charge in [-0.3, -0.25) is 9.89 Å². The molecule has 0 aromatic heterocycles. The van der Waals surface area contributed by atoms with Gasteiger partial charge in [-0.15, -0.1) is 0 Å². The van der Waals surface area contributed by atoms with Crippen molar-refractivity contribution in [3.63, 3.8) is 0 Å². The predicted octanol–water partition coefficient (Wildman–Crippen LogP) is 3.21. The van der Waals surface area contributed by atoms with Crippen LogP contribution in [0.15, 0.2) is 35.3 Å². The highest BCUT2D eigenvalue weighted by Crippen LogP contribution is 2.24. The first-order chi connectivity index (χ1) is 14.8. The molecule has 0 saturated carbocycles. The molecule has 6 heteroatoms. The van der Waals surface area contributed by atoms with E-state index in [0.717, 1.165) is 84.2 Å². The zero-order valence-corrected chi connectivity index (χ0v) is 18.8. The SMILES string of the molecule is CCNC(=NCCCOCC1CCOC1)NC1CCN(C(C)c2ccccc2)CC1. The van der Waals surface area contributed by atoms with E-state index in [9.17, 15) is 0 Å². The molecule has 2 saturated heterocycles. The maximum absolute atomic E-state index is 5.78. The number of likely N-dealkylation sites (tertiary alicyclic amines) is 1. The van der Waals surface area contributed by atoms with E-state index in [1.165, 1.54) is 5.56 Å². The van der Waals surface area contributed by atoms with E-state index >= 15 is 0 Å². The first kappa shape index (κ1) is 23.0. The van der Waals surface area contributed by atoms with Gasteiger partial charge in [0.25, 0.3) is 0 Å². The summed E-state index contributed by atoms with van der Waals surface area (Å²) >= 11 is 0. The molecule has 6 nitrogen and oxygen atoms in total. The Hall–Kier alpha value is -1.63. The third-order valence-electron chi connectivity index (χ3n) is 6.14. The number of ether oxygens (including phenoxy) is 2. The highest BCUT2D eigenvalue weighted by molar-refractivity contribution is 5.80. The summed E-state index contributed by atoms with van der Waals surface area (Å²) in [6.45, 7) is 11.7. The number of hydrogen-bond donors (Lipinski definition) is 2. The Bertz CT molecular complexity index is 611. The van der Waals surface area contributed by atoms with Gasteiger partial charge in [0.2, 0.25) is 0 Å². The van der Waals surface area contributed by atoms with Crippen LogP contribution in [0.1, 0.15) is 51.1 Å². The summed E-state index contributed by atoms with van der Waals surface area (Å²) in [6.07, 6.45) is 4.38. The minimum Gasteiger partial charge on any atom is -0.381 e. The van der Waals surface area contributed by atoms with Crippen molar-refractivity contribution in [1.82, 2.24) is 15.5 Å².